The number of carbonyl (C=O) groups is 2. The number of carboxylic acid groups (broad SMARTS) is 1. The molecule has 6 nitrogen and oxygen atoms in total. The number of aromatic amines is 1. The molecule has 0 aliphatic rings. The van der Waals surface area contributed by atoms with E-state index in [-0.39, 0.29) is 24.1 Å². The number of hydrogen-bond donors (Lipinski definition) is 2. The molecule has 0 spiro atoms. The monoisotopic (exact) mass is 239 g/mol. The maximum absolute atomic E-state index is 11.9. The van der Waals surface area contributed by atoms with Gasteiger partial charge in [0.15, 0.2) is 5.69 Å². The predicted octanol–water partition coefficient (Wildman–Crippen LogP) is 0.998. The molecule has 17 heavy (non-hydrogen) atoms. The van der Waals surface area contributed by atoms with E-state index in [4.69, 9.17) is 5.11 Å². The Morgan fingerprint density at radius 1 is 1.47 bits per heavy atom. The Morgan fingerprint density at radius 2 is 2.06 bits per heavy atom. The van der Waals surface area contributed by atoms with Crippen LogP contribution in [-0.4, -0.2) is 45.7 Å². The Hall–Kier alpha value is -1.85. The summed E-state index contributed by atoms with van der Waals surface area (Å²) < 4.78 is 0. The molecule has 1 rings (SSSR count). The molecule has 1 amide bonds. The minimum Gasteiger partial charge on any atom is -0.480 e. The third-order valence-electron chi connectivity index (χ3n) is 2.55. The van der Waals surface area contributed by atoms with Crippen LogP contribution < -0.4 is 0 Å². The summed E-state index contributed by atoms with van der Waals surface area (Å²) in [7, 11) is 1.44. The van der Waals surface area contributed by atoms with E-state index in [1.54, 1.807) is 6.92 Å². The molecule has 1 aromatic heterocycles. The number of rotatable bonds is 4. The highest BCUT2D eigenvalue weighted by Crippen LogP contribution is 2.19. The zero-order valence-corrected chi connectivity index (χ0v) is 10.4. The summed E-state index contributed by atoms with van der Waals surface area (Å²) in [6.07, 6.45) is 0. The molecule has 0 fully saturated rings. The van der Waals surface area contributed by atoms with E-state index < -0.39 is 5.97 Å². The second kappa shape index (κ2) is 4.99. The van der Waals surface area contributed by atoms with E-state index in [2.05, 4.69) is 10.2 Å². The molecule has 1 heterocycles. The van der Waals surface area contributed by atoms with Crippen molar-refractivity contribution < 1.29 is 14.7 Å². The average molecular weight is 239 g/mol. The van der Waals surface area contributed by atoms with Crippen LogP contribution in [0, 0.1) is 6.92 Å². The number of amides is 1. The quantitative estimate of drug-likeness (QED) is 0.820. The summed E-state index contributed by atoms with van der Waals surface area (Å²) in [6.45, 7) is 5.47. The van der Waals surface area contributed by atoms with Crippen LogP contribution in [0.25, 0.3) is 0 Å². The van der Waals surface area contributed by atoms with Crippen molar-refractivity contribution in [3.63, 3.8) is 0 Å². The Bertz CT molecular complexity index is 437. The van der Waals surface area contributed by atoms with Gasteiger partial charge in [-0.2, -0.15) is 5.10 Å². The van der Waals surface area contributed by atoms with E-state index in [0.717, 1.165) is 16.2 Å². The summed E-state index contributed by atoms with van der Waals surface area (Å²) >= 11 is 0. The molecule has 0 aromatic carbocycles. The van der Waals surface area contributed by atoms with Gasteiger partial charge in [-0.25, -0.2) is 0 Å². The Balaban J connectivity index is 2.93. The smallest absolute Gasteiger partial charge is 0.323 e. The van der Waals surface area contributed by atoms with Gasteiger partial charge in [0.2, 0.25) is 0 Å². The lowest BCUT2D eigenvalue weighted by molar-refractivity contribution is -0.137. The fraction of sp³-hybridized carbons (Fsp3) is 0.545. The lowest BCUT2D eigenvalue weighted by atomic mass is 10.0. The first-order valence-corrected chi connectivity index (χ1v) is 5.36. The van der Waals surface area contributed by atoms with Crippen LogP contribution in [0.1, 0.15) is 41.5 Å². The van der Waals surface area contributed by atoms with E-state index >= 15 is 0 Å². The van der Waals surface area contributed by atoms with Crippen molar-refractivity contribution in [3.8, 4) is 0 Å². The van der Waals surface area contributed by atoms with Gasteiger partial charge in [0.25, 0.3) is 5.91 Å². The molecular weight excluding hydrogens is 222 g/mol. The van der Waals surface area contributed by atoms with Crippen molar-refractivity contribution >= 4 is 11.9 Å². The van der Waals surface area contributed by atoms with Crippen LogP contribution in [0.4, 0.5) is 0 Å². The number of nitrogens with zero attached hydrogens (tertiary/aromatic N) is 2. The van der Waals surface area contributed by atoms with Gasteiger partial charge in [-0.05, 0) is 12.8 Å². The van der Waals surface area contributed by atoms with E-state index in [9.17, 15) is 9.59 Å². The van der Waals surface area contributed by atoms with Gasteiger partial charge in [-0.15, -0.1) is 0 Å². The second-order valence-corrected chi connectivity index (χ2v) is 4.32. The summed E-state index contributed by atoms with van der Waals surface area (Å²) in [5, 5.41) is 15.4. The Morgan fingerprint density at radius 3 is 2.47 bits per heavy atom. The molecule has 0 saturated heterocycles. The summed E-state index contributed by atoms with van der Waals surface area (Å²) in [5.41, 5.74) is 1.97. The SMILES string of the molecule is Cc1c(C(=O)N(C)CC(=O)O)n[nH]c1C(C)C. The molecule has 0 saturated carbocycles. The molecule has 0 unspecified atom stereocenters. The summed E-state index contributed by atoms with van der Waals surface area (Å²) in [4.78, 5) is 23.6. The number of aromatic nitrogens is 2. The van der Waals surface area contributed by atoms with Crippen LogP contribution in [-0.2, 0) is 4.79 Å². The van der Waals surface area contributed by atoms with Gasteiger partial charge in [0.1, 0.15) is 6.54 Å². The Labute approximate surface area is 99.6 Å². The first kappa shape index (κ1) is 13.2. The molecular formula is C11H17N3O3. The summed E-state index contributed by atoms with van der Waals surface area (Å²) in [5.74, 6) is -1.18. The highest BCUT2D eigenvalue weighted by atomic mass is 16.4. The number of carboxylic acids is 1. The maximum atomic E-state index is 11.9. The number of hydrogen-bond acceptors (Lipinski definition) is 3. The third kappa shape index (κ3) is 2.83. The normalized spacial score (nSPS) is 10.6. The molecule has 6 heteroatoms. The zero-order chi connectivity index (χ0) is 13.2. The van der Waals surface area contributed by atoms with E-state index in [0.29, 0.717) is 0 Å². The topological polar surface area (TPSA) is 86.3 Å². The standard InChI is InChI=1S/C11H17N3O3/c1-6(2)9-7(3)10(13-12-9)11(17)14(4)5-8(15)16/h6H,5H2,1-4H3,(H,12,13)(H,15,16). The predicted molar refractivity (Wildman–Crippen MR) is 62.0 cm³/mol. The average Bonchev–Trinajstić information content (AvgIpc) is 2.57. The minimum absolute atomic E-state index is 0.244. The number of H-pyrrole nitrogens is 1. The lowest BCUT2D eigenvalue weighted by Gasteiger charge is -2.13. The molecule has 0 aliphatic carbocycles. The fourth-order valence-electron chi connectivity index (χ4n) is 1.64. The van der Waals surface area contributed by atoms with Crippen molar-refractivity contribution in [2.24, 2.45) is 0 Å². The number of nitrogens with one attached hydrogen (secondary N) is 1. The molecule has 1 aromatic rings. The van der Waals surface area contributed by atoms with Crippen LogP contribution in [0.3, 0.4) is 0 Å². The molecule has 0 bridgehead atoms. The van der Waals surface area contributed by atoms with Gasteiger partial charge in [-0.3, -0.25) is 14.7 Å². The van der Waals surface area contributed by atoms with Crippen molar-refractivity contribution in [1.29, 1.82) is 0 Å². The highest BCUT2D eigenvalue weighted by molar-refractivity contribution is 5.95. The van der Waals surface area contributed by atoms with Crippen LogP contribution >= 0.6 is 0 Å². The van der Waals surface area contributed by atoms with Gasteiger partial charge in [0.05, 0.1) is 0 Å². The van der Waals surface area contributed by atoms with Crippen molar-refractivity contribution in [1.82, 2.24) is 15.1 Å². The van der Waals surface area contributed by atoms with Gasteiger partial charge in [-0.1, -0.05) is 13.8 Å². The van der Waals surface area contributed by atoms with Crippen molar-refractivity contribution in [2.45, 2.75) is 26.7 Å². The zero-order valence-electron chi connectivity index (χ0n) is 10.4. The number of carbonyl (C=O) groups excluding carboxylic acids is 1. The lowest BCUT2D eigenvalue weighted by Crippen LogP contribution is -2.32. The third-order valence-corrected chi connectivity index (χ3v) is 2.55. The maximum Gasteiger partial charge on any atom is 0.323 e. The van der Waals surface area contributed by atoms with E-state index in [1.807, 2.05) is 13.8 Å². The molecule has 0 radical (unpaired) electrons. The Kier molecular flexibility index (Phi) is 3.88. The van der Waals surface area contributed by atoms with Crippen molar-refractivity contribution in [3.05, 3.63) is 17.0 Å². The molecule has 94 valence electrons. The second-order valence-electron chi connectivity index (χ2n) is 4.32. The fourth-order valence-corrected chi connectivity index (χ4v) is 1.64. The minimum atomic E-state index is -1.04. The van der Waals surface area contributed by atoms with Crippen LogP contribution in [0.2, 0.25) is 0 Å². The van der Waals surface area contributed by atoms with Crippen LogP contribution in [0.5, 0.6) is 0 Å². The van der Waals surface area contributed by atoms with Crippen LogP contribution in [0.15, 0.2) is 0 Å². The number of likely N-dealkylation sites (N-methyl/N-ethyl adjacent to an activating group) is 1. The van der Waals surface area contributed by atoms with E-state index in [1.165, 1.54) is 7.05 Å². The molecule has 0 aliphatic heterocycles. The van der Waals surface area contributed by atoms with Gasteiger partial charge < -0.3 is 10.0 Å². The highest BCUT2D eigenvalue weighted by Gasteiger charge is 2.21. The van der Waals surface area contributed by atoms with Gasteiger partial charge in [0, 0.05) is 18.3 Å². The van der Waals surface area contributed by atoms with Gasteiger partial charge >= 0.3 is 5.97 Å². The summed E-state index contributed by atoms with van der Waals surface area (Å²) in [6, 6.07) is 0. The first-order valence-electron chi connectivity index (χ1n) is 5.36. The first-order chi connectivity index (χ1) is 7.84. The molecule has 2 N–H and O–H groups in total. The largest absolute Gasteiger partial charge is 0.480 e. The van der Waals surface area contributed by atoms with Crippen molar-refractivity contribution in [2.75, 3.05) is 13.6 Å². The number of aliphatic carboxylic acids is 1. The molecule has 0 atom stereocenters.